The topological polar surface area (TPSA) is 38.6 Å². The number of hydrogen-bond acceptors (Lipinski definition) is 4. The highest BCUT2D eigenvalue weighted by molar-refractivity contribution is 7.15. The Labute approximate surface area is 117 Å². The molecule has 1 aliphatic heterocycles. The lowest BCUT2D eigenvalue weighted by atomic mass is 9.86. The van der Waals surface area contributed by atoms with E-state index in [0.717, 1.165) is 30.1 Å². The van der Waals surface area contributed by atoms with E-state index in [4.69, 9.17) is 4.74 Å². The van der Waals surface area contributed by atoms with Gasteiger partial charge in [0.2, 0.25) is 0 Å². The van der Waals surface area contributed by atoms with Gasteiger partial charge in [0.05, 0.1) is 11.3 Å². The van der Waals surface area contributed by atoms with E-state index >= 15 is 0 Å². The molecule has 0 aromatic carbocycles. The van der Waals surface area contributed by atoms with Crippen molar-refractivity contribution < 1.29 is 4.74 Å². The number of rotatable bonds is 4. The van der Waals surface area contributed by atoms with E-state index in [1.54, 1.807) is 11.3 Å². The summed E-state index contributed by atoms with van der Waals surface area (Å²) in [6.07, 6.45) is 8.67. The van der Waals surface area contributed by atoms with Crippen LogP contribution in [0.2, 0.25) is 0 Å². The first kappa shape index (κ1) is 13.1. The zero-order chi connectivity index (χ0) is 13.3. The van der Waals surface area contributed by atoms with Crippen molar-refractivity contribution in [1.29, 1.82) is 0 Å². The lowest BCUT2D eigenvalue weighted by Crippen LogP contribution is -2.52. The fourth-order valence-corrected chi connectivity index (χ4v) is 3.66. The van der Waals surface area contributed by atoms with Crippen molar-refractivity contribution in [2.24, 2.45) is 0 Å². The number of nitrogens with one attached hydrogen (secondary N) is 1. The van der Waals surface area contributed by atoms with Crippen LogP contribution in [0.1, 0.15) is 31.9 Å². The molecule has 0 saturated carbocycles. The molecule has 0 aliphatic carbocycles. The number of nitrogens with zero attached hydrogens (tertiary/aromatic N) is 2. The molecular weight excluding hydrogens is 258 g/mol. The summed E-state index contributed by atoms with van der Waals surface area (Å²) in [5.74, 6) is 0. The average molecular weight is 279 g/mol. The van der Waals surface area contributed by atoms with Crippen molar-refractivity contribution in [3.05, 3.63) is 23.5 Å². The van der Waals surface area contributed by atoms with Crippen LogP contribution in [-0.4, -0.2) is 34.7 Å². The van der Waals surface area contributed by atoms with Gasteiger partial charge >= 0.3 is 0 Å². The Morgan fingerprint density at radius 2 is 2.47 bits per heavy atom. The fourth-order valence-electron chi connectivity index (χ4n) is 2.94. The van der Waals surface area contributed by atoms with Gasteiger partial charge in [0.25, 0.3) is 0 Å². The van der Waals surface area contributed by atoms with Crippen LogP contribution in [0.5, 0.6) is 0 Å². The van der Waals surface area contributed by atoms with Crippen molar-refractivity contribution in [2.75, 3.05) is 13.7 Å². The summed E-state index contributed by atoms with van der Waals surface area (Å²) in [4.78, 5) is 5.74. The lowest BCUT2D eigenvalue weighted by molar-refractivity contribution is -0.0872. The molecule has 19 heavy (non-hydrogen) atoms. The number of aromatic nitrogens is 2. The minimum atomic E-state index is -0.0654. The molecule has 2 aromatic heterocycles. The van der Waals surface area contributed by atoms with Crippen LogP contribution in [0, 0.1) is 0 Å². The quantitative estimate of drug-likeness (QED) is 0.934. The molecule has 104 valence electrons. The van der Waals surface area contributed by atoms with E-state index in [1.165, 1.54) is 12.8 Å². The van der Waals surface area contributed by atoms with Crippen LogP contribution in [0.4, 0.5) is 0 Å². The molecule has 2 atom stereocenters. The number of thiazole rings is 1. The summed E-state index contributed by atoms with van der Waals surface area (Å²) in [6, 6.07) is 0.317. The van der Waals surface area contributed by atoms with Crippen molar-refractivity contribution in [3.8, 4) is 0 Å². The smallest absolute Gasteiger partial charge is 0.193 e. The van der Waals surface area contributed by atoms with Crippen LogP contribution < -0.4 is 5.32 Å². The molecule has 0 bridgehead atoms. The van der Waals surface area contributed by atoms with Gasteiger partial charge in [-0.1, -0.05) is 0 Å². The molecule has 3 heterocycles. The summed E-state index contributed by atoms with van der Waals surface area (Å²) in [5.41, 5.74) is 1.07. The Hall–Kier alpha value is -0.910. The minimum Gasteiger partial charge on any atom is -0.374 e. The van der Waals surface area contributed by atoms with Crippen molar-refractivity contribution in [1.82, 2.24) is 14.7 Å². The Kier molecular flexibility index (Phi) is 3.60. The monoisotopic (exact) mass is 279 g/mol. The van der Waals surface area contributed by atoms with Gasteiger partial charge in [0, 0.05) is 36.8 Å². The molecule has 1 saturated heterocycles. The van der Waals surface area contributed by atoms with Crippen LogP contribution >= 0.6 is 11.3 Å². The van der Waals surface area contributed by atoms with Gasteiger partial charge in [-0.3, -0.25) is 4.40 Å². The van der Waals surface area contributed by atoms with Gasteiger partial charge < -0.3 is 10.1 Å². The highest BCUT2D eigenvalue weighted by Gasteiger charge is 2.36. The van der Waals surface area contributed by atoms with E-state index in [0.29, 0.717) is 6.04 Å². The summed E-state index contributed by atoms with van der Waals surface area (Å²) < 4.78 is 8.15. The maximum atomic E-state index is 6.05. The number of imidazole rings is 1. The molecule has 0 radical (unpaired) electrons. The van der Waals surface area contributed by atoms with Crippen LogP contribution in [0.25, 0.3) is 4.96 Å². The molecule has 1 N–H and O–H groups in total. The van der Waals surface area contributed by atoms with Gasteiger partial charge in [-0.05, 0) is 33.2 Å². The Bertz CT molecular complexity index is 513. The SMILES string of the molecule is CNC(Cc1cn2ccsc2n1)C1(C)CCCCO1. The third-order valence-electron chi connectivity index (χ3n) is 4.14. The van der Waals surface area contributed by atoms with Crippen molar-refractivity contribution >= 4 is 16.3 Å². The average Bonchev–Trinajstić information content (AvgIpc) is 2.97. The Balaban J connectivity index is 1.77. The molecule has 1 aliphatic rings. The minimum absolute atomic E-state index is 0.0654. The predicted molar refractivity (Wildman–Crippen MR) is 77.8 cm³/mol. The van der Waals surface area contributed by atoms with Gasteiger partial charge in [-0.15, -0.1) is 11.3 Å². The predicted octanol–water partition coefficient (Wildman–Crippen LogP) is 2.49. The number of hydrogen-bond donors (Lipinski definition) is 1. The maximum Gasteiger partial charge on any atom is 0.193 e. The standard InChI is InChI=1S/C14H21N3OS/c1-14(5-3-4-7-18-14)12(15-2)9-11-10-17-6-8-19-13(17)16-11/h6,8,10,12,15H,3-5,7,9H2,1-2H3. The van der Waals surface area contributed by atoms with Gasteiger partial charge in [0.1, 0.15) is 0 Å². The summed E-state index contributed by atoms with van der Waals surface area (Å²) in [6.45, 7) is 3.11. The third-order valence-corrected chi connectivity index (χ3v) is 4.91. The van der Waals surface area contributed by atoms with Crippen molar-refractivity contribution in [3.63, 3.8) is 0 Å². The second-order valence-electron chi connectivity index (χ2n) is 5.49. The van der Waals surface area contributed by atoms with Crippen LogP contribution in [0.15, 0.2) is 17.8 Å². The fraction of sp³-hybridized carbons (Fsp3) is 0.643. The number of likely N-dealkylation sites (N-methyl/N-ethyl adjacent to an activating group) is 1. The molecule has 5 heteroatoms. The molecule has 2 unspecified atom stereocenters. The second-order valence-corrected chi connectivity index (χ2v) is 6.36. The van der Waals surface area contributed by atoms with E-state index in [-0.39, 0.29) is 5.60 Å². The summed E-state index contributed by atoms with van der Waals surface area (Å²) in [5, 5.41) is 5.49. The molecule has 4 nitrogen and oxygen atoms in total. The van der Waals surface area contributed by atoms with Crippen LogP contribution in [-0.2, 0) is 11.2 Å². The highest BCUT2D eigenvalue weighted by atomic mass is 32.1. The maximum absolute atomic E-state index is 6.05. The molecular formula is C14H21N3OS. The second kappa shape index (κ2) is 5.23. The highest BCUT2D eigenvalue weighted by Crippen LogP contribution is 2.29. The first-order chi connectivity index (χ1) is 9.21. The third kappa shape index (κ3) is 2.55. The zero-order valence-corrected chi connectivity index (χ0v) is 12.4. The normalized spacial score (nSPS) is 25.8. The lowest BCUT2D eigenvalue weighted by Gasteiger charge is -2.40. The summed E-state index contributed by atoms with van der Waals surface area (Å²) in [7, 11) is 2.02. The number of fused-ring (bicyclic) bond motifs is 1. The molecule has 0 spiro atoms. The summed E-state index contributed by atoms with van der Waals surface area (Å²) >= 11 is 1.68. The largest absolute Gasteiger partial charge is 0.374 e. The van der Waals surface area contributed by atoms with Crippen LogP contribution in [0.3, 0.4) is 0 Å². The Morgan fingerprint density at radius 1 is 1.58 bits per heavy atom. The molecule has 1 fully saturated rings. The zero-order valence-electron chi connectivity index (χ0n) is 11.6. The molecule has 2 aromatic rings. The first-order valence-electron chi connectivity index (χ1n) is 6.93. The van der Waals surface area contributed by atoms with E-state index in [1.807, 2.05) is 7.05 Å². The van der Waals surface area contributed by atoms with E-state index in [9.17, 15) is 0 Å². The molecule has 0 amide bonds. The van der Waals surface area contributed by atoms with Gasteiger partial charge in [-0.2, -0.15) is 0 Å². The van der Waals surface area contributed by atoms with Crippen molar-refractivity contribution in [2.45, 2.75) is 44.2 Å². The van der Waals surface area contributed by atoms with Gasteiger partial charge in [0.15, 0.2) is 4.96 Å². The van der Waals surface area contributed by atoms with Gasteiger partial charge in [-0.25, -0.2) is 4.98 Å². The van der Waals surface area contributed by atoms with E-state index in [2.05, 4.69) is 39.4 Å². The number of ether oxygens (including phenoxy) is 1. The van der Waals surface area contributed by atoms with E-state index < -0.39 is 0 Å². The first-order valence-corrected chi connectivity index (χ1v) is 7.81. The molecule has 3 rings (SSSR count). The Morgan fingerprint density at radius 3 is 3.16 bits per heavy atom.